The van der Waals surface area contributed by atoms with E-state index in [1.807, 2.05) is 13.8 Å². The van der Waals surface area contributed by atoms with Crippen molar-refractivity contribution in [3.63, 3.8) is 0 Å². The highest BCUT2D eigenvalue weighted by Gasteiger charge is 2.28. The molecule has 3 aromatic rings. The molecular formula is C25H37ClN10O3. The van der Waals surface area contributed by atoms with Gasteiger partial charge in [-0.2, -0.15) is 0 Å². The van der Waals surface area contributed by atoms with Crippen LogP contribution in [-0.2, 0) is 9.59 Å². The number of H-pyrrole nitrogens is 1. The molecule has 2 fully saturated rings. The Hall–Kier alpha value is -3.97. The van der Waals surface area contributed by atoms with E-state index in [4.69, 9.17) is 23.1 Å². The normalized spacial score (nSPS) is 17.2. The van der Waals surface area contributed by atoms with E-state index in [1.54, 1.807) is 12.4 Å². The number of nitrogens with zero attached hydrogens (tertiary/aromatic N) is 6. The minimum atomic E-state index is -0.218. The predicted octanol–water partition coefficient (Wildman–Crippen LogP) is 1.02. The zero-order chi connectivity index (χ0) is 27.9. The van der Waals surface area contributed by atoms with Crippen molar-refractivity contribution in [3.05, 3.63) is 70.3 Å². The number of primary amides is 2. The van der Waals surface area contributed by atoms with Crippen molar-refractivity contribution in [2.24, 2.45) is 23.3 Å². The number of anilines is 1. The molecule has 2 aliphatic heterocycles. The lowest BCUT2D eigenvalue weighted by molar-refractivity contribution is -0.122. The Morgan fingerprint density at radius 2 is 1.67 bits per heavy atom. The van der Waals surface area contributed by atoms with E-state index in [9.17, 15) is 14.4 Å². The van der Waals surface area contributed by atoms with Crippen LogP contribution in [0.5, 0.6) is 0 Å². The molecule has 2 unspecified atom stereocenters. The van der Waals surface area contributed by atoms with Gasteiger partial charge in [-0.1, -0.05) is 19.0 Å². The van der Waals surface area contributed by atoms with Gasteiger partial charge in [-0.05, 0) is 33.2 Å². The average molecular weight is 561 g/mol. The van der Waals surface area contributed by atoms with Crippen molar-refractivity contribution in [2.45, 2.75) is 34.1 Å². The third kappa shape index (κ3) is 12.0. The molecule has 0 spiro atoms. The number of amides is 2. The molecule has 13 nitrogen and oxygen atoms in total. The number of halogens is 1. The van der Waals surface area contributed by atoms with Crippen molar-refractivity contribution in [1.29, 1.82) is 0 Å². The summed E-state index contributed by atoms with van der Waals surface area (Å²) in [5.74, 6) is 0.572. The molecule has 212 valence electrons. The SMILES string of the molecule is C.Cc1cncnc1Cl.Cc1cncnc1N1CCC(C(N)=O)C1.NC(=O)C1CCNC1.O=c1ccnc[nH]1. The van der Waals surface area contributed by atoms with Crippen LogP contribution in [0.15, 0.2) is 48.4 Å². The maximum absolute atomic E-state index is 11.0. The third-order valence-corrected chi connectivity index (χ3v) is 6.04. The summed E-state index contributed by atoms with van der Waals surface area (Å²) in [4.78, 5) is 55.3. The molecule has 14 heteroatoms. The topological polar surface area (TPSA) is 199 Å². The fraction of sp³-hybridized carbons (Fsp3) is 0.440. The lowest BCUT2D eigenvalue weighted by Crippen LogP contribution is -2.28. The molecule has 0 radical (unpaired) electrons. The van der Waals surface area contributed by atoms with Crippen LogP contribution >= 0.6 is 11.6 Å². The highest BCUT2D eigenvalue weighted by Crippen LogP contribution is 2.23. The first-order valence-electron chi connectivity index (χ1n) is 11.9. The van der Waals surface area contributed by atoms with Gasteiger partial charge in [-0.15, -0.1) is 0 Å². The number of aromatic nitrogens is 6. The molecule has 2 saturated heterocycles. The number of nitrogens with two attached hydrogens (primary N) is 2. The minimum Gasteiger partial charge on any atom is -0.369 e. The molecule has 0 aromatic carbocycles. The van der Waals surface area contributed by atoms with E-state index in [-0.39, 0.29) is 36.6 Å². The van der Waals surface area contributed by atoms with Crippen LogP contribution in [0.2, 0.25) is 5.15 Å². The molecule has 0 saturated carbocycles. The summed E-state index contributed by atoms with van der Waals surface area (Å²) in [5, 5.41) is 3.58. The number of hydrogen-bond donors (Lipinski definition) is 4. The summed E-state index contributed by atoms with van der Waals surface area (Å²) in [6.07, 6.45) is 10.9. The highest BCUT2D eigenvalue weighted by atomic mass is 35.5. The maximum atomic E-state index is 11.0. The standard InChI is InChI=1S/C10H14N4O.C5H5ClN2.C5H10N2O.C4H4N2O.CH4/c1-7-4-12-6-13-10(7)14-3-2-8(5-14)9(11)15;1-4-2-7-3-8-5(4)6;6-5(8)4-1-2-7-3-4;7-4-1-2-5-3-6-4;/h4,6,8H,2-3,5H2,1H3,(H2,11,15);2-3H,1H3;4,7H,1-3H2,(H2,6,8);1-3H,(H,5,6,7);1H4. The Balaban J connectivity index is 0.000000273. The zero-order valence-corrected chi connectivity index (χ0v) is 22.1. The molecule has 39 heavy (non-hydrogen) atoms. The fourth-order valence-corrected chi connectivity index (χ4v) is 3.59. The molecule has 2 atom stereocenters. The van der Waals surface area contributed by atoms with Crippen molar-refractivity contribution < 1.29 is 9.59 Å². The second-order valence-electron chi connectivity index (χ2n) is 8.55. The number of carbonyl (C=O) groups is 2. The molecular weight excluding hydrogens is 524 g/mol. The van der Waals surface area contributed by atoms with Gasteiger partial charge >= 0.3 is 0 Å². The van der Waals surface area contributed by atoms with Gasteiger partial charge in [0.15, 0.2) is 0 Å². The summed E-state index contributed by atoms with van der Waals surface area (Å²) in [6, 6.07) is 1.36. The van der Waals surface area contributed by atoms with Crippen LogP contribution in [0.3, 0.4) is 0 Å². The van der Waals surface area contributed by atoms with Gasteiger partial charge in [-0.3, -0.25) is 14.4 Å². The molecule has 5 rings (SSSR count). The van der Waals surface area contributed by atoms with Gasteiger partial charge in [0.2, 0.25) is 11.8 Å². The molecule has 0 aliphatic carbocycles. The lowest BCUT2D eigenvalue weighted by atomic mass is 10.1. The zero-order valence-electron chi connectivity index (χ0n) is 21.4. The van der Waals surface area contributed by atoms with Crippen molar-refractivity contribution in [3.8, 4) is 0 Å². The molecule has 3 aromatic heterocycles. The summed E-state index contributed by atoms with van der Waals surface area (Å²) < 4.78 is 0. The van der Waals surface area contributed by atoms with Crippen LogP contribution in [0.25, 0.3) is 0 Å². The van der Waals surface area contributed by atoms with Gasteiger partial charge in [0, 0.05) is 55.4 Å². The van der Waals surface area contributed by atoms with Crippen molar-refractivity contribution in [1.82, 2.24) is 35.2 Å². The smallest absolute Gasteiger partial charge is 0.250 e. The Kier molecular flexibility index (Phi) is 14.9. The van der Waals surface area contributed by atoms with Crippen molar-refractivity contribution in [2.75, 3.05) is 31.1 Å². The summed E-state index contributed by atoms with van der Waals surface area (Å²) >= 11 is 5.56. The molecule has 2 amide bonds. The number of aromatic amines is 1. The maximum Gasteiger partial charge on any atom is 0.250 e. The first-order valence-corrected chi connectivity index (χ1v) is 12.3. The highest BCUT2D eigenvalue weighted by molar-refractivity contribution is 6.30. The van der Waals surface area contributed by atoms with E-state index in [1.165, 1.54) is 31.2 Å². The van der Waals surface area contributed by atoms with Gasteiger partial charge in [-0.25, -0.2) is 24.9 Å². The Morgan fingerprint density at radius 3 is 2.05 bits per heavy atom. The predicted molar refractivity (Wildman–Crippen MR) is 150 cm³/mol. The van der Waals surface area contributed by atoms with Gasteiger partial charge < -0.3 is 26.7 Å². The number of rotatable bonds is 3. The number of hydrogen-bond acceptors (Lipinski definition) is 10. The molecule has 5 heterocycles. The Bertz CT molecular complexity index is 1180. The number of carbonyl (C=O) groups excluding carboxylic acids is 2. The fourth-order valence-electron chi connectivity index (χ4n) is 3.49. The molecule has 2 aliphatic rings. The van der Waals surface area contributed by atoms with Gasteiger partial charge in [0.25, 0.3) is 5.56 Å². The quantitative estimate of drug-likeness (QED) is 0.335. The van der Waals surface area contributed by atoms with Crippen LogP contribution < -0.4 is 27.2 Å². The van der Waals surface area contributed by atoms with E-state index in [0.29, 0.717) is 11.7 Å². The van der Waals surface area contributed by atoms with Gasteiger partial charge in [0.05, 0.1) is 18.2 Å². The second kappa shape index (κ2) is 17.5. The number of aryl methyl sites for hydroxylation is 2. The third-order valence-electron chi connectivity index (χ3n) is 5.65. The summed E-state index contributed by atoms with van der Waals surface area (Å²) in [6.45, 7) is 7.05. The average Bonchev–Trinajstić information content (AvgIpc) is 3.61. The summed E-state index contributed by atoms with van der Waals surface area (Å²) in [7, 11) is 0. The van der Waals surface area contributed by atoms with Crippen LogP contribution in [-0.4, -0.2) is 67.9 Å². The largest absolute Gasteiger partial charge is 0.369 e. The van der Waals surface area contributed by atoms with E-state index in [0.717, 1.165) is 49.4 Å². The number of nitrogens with one attached hydrogen (secondary N) is 2. The Morgan fingerprint density at radius 1 is 1.00 bits per heavy atom. The van der Waals surface area contributed by atoms with Crippen molar-refractivity contribution >= 4 is 29.2 Å². The molecule has 0 bridgehead atoms. The first kappa shape index (κ1) is 33.1. The van der Waals surface area contributed by atoms with E-state index >= 15 is 0 Å². The van der Waals surface area contributed by atoms with Crippen LogP contribution in [0, 0.1) is 25.7 Å². The lowest BCUT2D eigenvalue weighted by Gasteiger charge is -2.18. The van der Waals surface area contributed by atoms with E-state index < -0.39 is 0 Å². The van der Waals surface area contributed by atoms with Crippen LogP contribution in [0.1, 0.15) is 31.4 Å². The van der Waals surface area contributed by atoms with Gasteiger partial charge in [0.1, 0.15) is 23.6 Å². The first-order chi connectivity index (χ1) is 18.2. The van der Waals surface area contributed by atoms with Crippen LogP contribution in [0.4, 0.5) is 5.82 Å². The van der Waals surface area contributed by atoms with E-state index in [2.05, 4.69) is 40.1 Å². The summed E-state index contributed by atoms with van der Waals surface area (Å²) in [5.41, 5.74) is 12.1. The second-order valence-corrected chi connectivity index (χ2v) is 8.91. The minimum absolute atomic E-state index is 0. The monoisotopic (exact) mass is 560 g/mol. The molecule has 6 N–H and O–H groups in total. The Labute approximate surface area is 232 Å².